The Kier molecular flexibility index (Phi) is 4.38. The molecule has 1 aromatic carbocycles. The van der Waals surface area contributed by atoms with Gasteiger partial charge in [-0.1, -0.05) is 30.3 Å². The number of rotatable bonds is 6. The Morgan fingerprint density at radius 3 is 2.60 bits per heavy atom. The van der Waals surface area contributed by atoms with Gasteiger partial charge < -0.3 is 10.0 Å². The molecule has 0 aliphatic rings. The van der Waals surface area contributed by atoms with Gasteiger partial charge in [0, 0.05) is 6.54 Å². The van der Waals surface area contributed by atoms with Crippen molar-refractivity contribution in [2.45, 2.75) is 13.1 Å². The second-order valence-electron chi connectivity index (χ2n) is 4.14. The molecule has 8 nitrogen and oxygen atoms in total. The fourth-order valence-corrected chi connectivity index (χ4v) is 1.69. The van der Waals surface area contributed by atoms with Crippen molar-refractivity contribution >= 4 is 11.9 Å². The average Bonchev–Trinajstić information content (AvgIpc) is 2.91. The van der Waals surface area contributed by atoms with Crippen LogP contribution >= 0.6 is 0 Å². The molecule has 0 saturated carbocycles. The monoisotopic (exact) mass is 275 g/mol. The van der Waals surface area contributed by atoms with Gasteiger partial charge in [-0.15, -0.1) is 5.10 Å². The summed E-state index contributed by atoms with van der Waals surface area (Å²) < 4.78 is 1.25. The number of carboxylic acid groups (broad SMARTS) is 1. The standard InChI is InChI=1S/C12H13N5O3/c18-11(7-17-9-13-14-15-17)16(8-12(19)20)6-10-4-2-1-3-5-10/h1-5,9H,6-8H2,(H,19,20). The highest BCUT2D eigenvalue weighted by molar-refractivity contribution is 5.81. The van der Waals surface area contributed by atoms with E-state index < -0.39 is 5.97 Å². The normalized spacial score (nSPS) is 10.2. The topological polar surface area (TPSA) is 101 Å². The van der Waals surface area contributed by atoms with E-state index in [-0.39, 0.29) is 25.5 Å². The number of carbonyl (C=O) groups excluding carboxylic acids is 1. The summed E-state index contributed by atoms with van der Waals surface area (Å²) in [6.07, 6.45) is 1.30. The molecular formula is C12H13N5O3. The lowest BCUT2D eigenvalue weighted by Crippen LogP contribution is -2.37. The maximum atomic E-state index is 12.1. The quantitative estimate of drug-likeness (QED) is 0.782. The minimum atomic E-state index is -1.06. The second-order valence-corrected chi connectivity index (χ2v) is 4.14. The van der Waals surface area contributed by atoms with E-state index in [0.717, 1.165) is 5.56 Å². The number of nitrogens with zero attached hydrogens (tertiary/aromatic N) is 5. The average molecular weight is 275 g/mol. The zero-order valence-electron chi connectivity index (χ0n) is 10.6. The van der Waals surface area contributed by atoms with E-state index in [9.17, 15) is 9.59 Å². The molecule has 2 rings (SSSR count). The third-order valence-electron chi connectivity index (χ3n) is 2.58. The number of hydrogen-bond donors (Lipinski definition) is 1. The molecule has 0 aliphatic carbocycles. The van der Waals surface area contributed by atoms with Gasteiger partial charge in [0.25, 0.3) is 0 Å². The smallest absolute Gasteiger partial charge is 0.323 e. The number of aliphatic carboxylic acids is 1. The highest BCUT2D eigenvalue weighted by atomic mass is 16.4. The number of carboxylic acids is 1. The van der Waals surface area contributed by atoms with Crippen LogP contribution in [-0.4, -0.2) is 48.6 Å². The lowest BCUT2D eigenvalue weighted by molar-refractivity contribution is -0.145. The molecule has 20 heavy (non-hydrogen) atoms. The van der Waals surface area contributed by atoms with Gasteiger partial charge in [-0.2, -0.15) is 0 Å². The van der Waals surface area contributed by atoms with Crippen LogP contribution in [0.15, 0.2) is 36.7 Å². The van der Waals surface area contributed by atoms with Gasteiger partial charge in [0.15, 0.2) is 0 Å². The van der Waals surface area contributed by atoms with Crippen molar-refractivity contribution in [3.63, 3.8) is 0 Å². The van der Waals surface area contributed by atoms with E-state index in [0.29, 0.717) is 0 Å². The first kappa shape index (κ1) is 13.7. The zero-order valence-corrected chi connectivity index (χ0v) is 10.6. The summed E-state index contributed by atoms with van der Waals surface area (Å²) in [6.45, 7) is -0.225. The van der Waals surface area contributed by atoms with Crippen LogP contribution in [0.3, 0.4) is 0 Å². The van der Waals surface area contributed by atoms with Gasteiger partial charge in [0.05, 0.1) is 0 Å². The lowest BCUT2D eigenvalue weighted by Gasteiger charge is -2.20. The third-order valence-corrected chi connectivity index (χ3v) is 2.58. The van der Waals surface area contributed by atoms with E-state index in [1.54, 1.807) is 0 Å². The fourth-order valence-electron chi connectivity index (χ4n) is 1.69. The van der Waals surface area contributed by atoms with Gasteiger partial charge in [0.2, 0.25) is 5.91 Å². The number of aromatic nitrogens is 4. The summed E-state index contributed by atoms with van der Waals surface area (Å²) in [4.78, 5) is 24.2. The first-order chi connectivity index (χ1) is 9.65. The highest BCUT2D eigenvalue weighted by Gasteiger charge is 2.18. The van der Waals surface area contributed by atoms with Gasteiger partial charge >= 0.3 is 5.97 Å². The molecule has 0 aliphatic heterocycles. The second kappa shape index (κ2) is 6.41. The maximum Gasteiger partial charge on any atom is 0.323 e. The molecule has 104 valence electrons. The van der Waals surface area contributed by atoms with Crippen molar-refractivity contribution in [2.75, 3.05) is 6.54 Å². The van der Waals surface area contributed by atoms with E-state index in [1.807, 2.05) is 30.3 Å². The summed E-state index contributed by atoms with van der Waals surface area (Å²) in [5.74, 6) is -1.42. The van der Waals surface area contributed by atoms with Crippen molar-refractivity contribution in [3.05, 3.63) is 42.2 Å². The summed E-state index contributed by atoms with van der Waals surface area (Å²) in [6, 6.07) is 9.19. The Labute approximate surface area is 114 Å². The minimum Gasteiger partial charge on any atom is -0.480 e. The van der Waals surface area contributed by atoms with Crippen molar-refractivity contribution < 1.29 is 14.7 Å². The maximum absolute atomic E-state index is 12.1. The molecule has 0 unspecified atom stereocenters. The predicted molar refractivity (Wildman–Crippen MR) is 67.3 cm³/mol. The van der Waals surface area contributed by atoms with Crippen LogP contribution in [0.25, 0.3) is 0 Å². The predicted octanol–water partition coefficient (Wildman–Crippen LogP) is -0.214. The molecule has 0 radical (unpaired) electrons. The molecule has 8 heteroatoms. The molecule has 1 aromatic heterocycles. The van der Waals surface area contributed by atoms with Gasteiger partial charge in [-0.05, 0) is 16.0 Å². The number of hydrogen-bond acceptors (Lipinski definition) is 5. The number of amides is 1. The van der Waals surface area contributed by atoms with Crippen molar-refractivity contribution in [1.29, 1.82) is 0 Å². The summed E-state index contributed by atoms with van der Waals surface area (Å²) >= 11 is 0. The van der Waals surface area contributed by atoms with Gasteiger partial charge in [-0.25, -0.2) is 4.68 Å². The minimum absolute atomic E-state index is 0.0902. The molecule has 0 saturated heterocycles. The van der Waals surface area contributed by atoms with E-state index >= 15 is 0 Å². The largest absolute Gasteiger partial charge is 0.480 e. The molecule has 0 spiro atoms. The van der Waals surface area contributed by atoms with Crippen LogP contribution in [0.2, 0.25) is 0 Å². The molecule has 1 amide bonds. The summed E-state index contributed by atoms with van der Waals surface area (Å²) in [7, 11) is 0. The SMILES string of the molecule is O=C(O)CN(Cc1ccccc1)C(=O)Cn1cnnn1. The fraction of sp³-hybridized carbons (Fsp3) is 0.250. The molecular weight excluding hydrogens is 262 g/mol. The first-order valence-corrected chi connectivity index (χ1v) is 5.89. The van der Waals surface area contributed by atoms with Crippen molar-refractivity contribution in [2.24, 2.45) is 0 Å². The molecule has 0 atom stereocenters. The number of tetrazole rings is 1. The Hall–Kier alpha value is -2.77. The van der Waals surface area contributed by atoms with Gasteiger partial charge in [-0.3, -0.25) is 9.59 Å². The number of benzene rings is 1. The zero-order chi connectivity index (χ0) is 14.4. The van der Waals surface area contributed by atoms with Crippen LogP contribution in [0, 0.1) is 0 Å². The van der Waals surface area contributed by atoms with Crippen molar-refractivity contribution in [3.8, 4) is 0 Å². The lowest BCUT2D eigenvalue weighted by atomic mass is 10.2. The Morgan fingerprint density at radius 1 is 1.25 bits per heavy atom. The molecule has 0 bridgehead atoms. The Bertz CT molecular complexity index is 570. The van der Waals surface area contributed by atoms with E-state index in [2.05, 4.69) is 15.5 Å². The molecule has 1 N–H and O–H groups in total. The molecule has 0 fully saturated rings. The van der Waals surface area contributed by atoms with Crippen LogP contribution in [0.5, 0.6) is 0 Å². The number of carbonyl (C=O) groups is 2. The summed E-state index contributed by atoms with van der Waals surface area (Å²) in [5.41, 5.74) is 0.860. The highest BCUT2D eigenvalue weighted by Crippen LogP contribution is 2.05. The van der Waals surface area contributed by atoms with E-state index in [4.69, 9.17) is 5.11 Å². The summed E-state index contributed by atoms with van der Waals surface area (Å²) in [5, 5.41) is 19.3. The molecule has 2 aromatic rings. The van der Waals surface area contributed by atoms with Crippen LogP contribution in [-0.2, 0) is 22.7 Å². The van der Waals surface area contributed by atoms with Gasteiger partial charge in [0.1, 0.15) is 19.4 Å². The molecule has 1 heterocycles. The third kappa shape index (κ3) is 3.87. The van der Waals surface area contributed by atoms with Crippen LogP contribution in [0.1, 0.15) is 5.56 Å². The first-order valence-electron chi connectivity index (χ1n) is 5.89. The Balaban J connectivity index is 2.06. The van der Waals surface area contributed by atoms with Crippen LogP contribution in [0.4, 0.5) is 0 Å². The van der Waals surface area contributed by atoms with Crippen LogP contribution < -0.4 is 0 Å². The Morgan fingerprint density at radius 2 is 2.00 bits per heavy atom. The van der Waals surface area contributed by atoms with E-state index in [1.165, 1.54) is 15.9 Å². The van der Waals surface area contributed by atoms with Crippen molar-refractivity contribution in [1.82, 2.24) is 25.1 Å².